The zero-order valence-electron chi connectivity index (χ0n) is 25.0. The molecule has 0 aliphatic heterocycles. The van der Waals surface area contributed by atoms with Crippen LogP contribution in [0.4, 0.5) is 0 Å². The van der Waals surface area contributed by atoms with E-state index < -0.39 is 0 Å². The average Bonchev–Trinajstić information content (AvgIpc) is 2.92. The van der Waals surface area contributed by atoms with Crippen LogP contribution in [0.25, 0.3) is 21.5 Å². The summed E-state index contributed by atoms with van der Waals surface area (Å²) in [6.45, 7) is 10.5. The molecular formula is C36H54O2. The SMILES string of the molecule is CCCCCCCCCCOc1c2ccccc2c(OCCCCCCCCCC)c2cc(C)c(C)cc12. The summed E-state index contributed by atoms with van der Waals surface area (Å²) < 4.78 is 13.1. The Kier molecular flexibility index (Phi) is 13.9. The maximum atomic E-state index is 6.57. The Labute approximate surface area is 233 Å². The van der Waals surface area contributed by atoms with Crippen LogP contribution in [0.3, 0.4) is 0 Å². The van der Waals surface area contributed by atoms with Gasteiger partial charge in [-0.15, -0.1) is 0 Å². The Bertz CT molecular complexity index is 998. The van der Waals surface area contributed by atoms with Crippen molar-refractivity contribution in [3.63, 3.8) is 0 Å². The van der Waals surface area contributed by atoms with Gasteiger partial charge in [-0.25, -0.2) is 0 Å². The van der Waals surface area contributed by atoms with Crippen molar-refractivity contribution in [1.82, 2.24) is 0 Å². The highest BCUT2D eigenvalue weighted by Crippen LogP contribution is 2.44. The van der Waals surface area contributed by atoms with E-state index in [4.69, 9.17) is 9.47 Å². The van der Waals surface area contributed by atoms with Crippen LogP contribution in [0.5, 0.6) is 11.5 Å². The molecule has 38 heavy (non-hydrogen) atoms. The van der Waals surface area contributed by atoms with E-state index in [-0.39, 0.29) is 0 Å². The number of rotatable bonds is 20. The van der Waals surface area contributed by atoms with Crippen molar-refractivity contribution in [2.75, 3.05) is 13.2 Å². The fourth-order valence-electron chi connectivity index (χ4n) is 5.49. The Hall–Kier alpha value is -2.22. The number of fused-ring (bicyclic) bond motifs is 2. The molecule has 0 atom stereocenters. The summed E-state index contributed by atoms with van der Waals surface area (Å²) in [6, 6.07) is 13.3. The third kappa shape index (κ3) is 9.21. The molecule has 0 saturated carbocycles. The zero-order chi connectivity index (χ0) is 27.0. The highest BCUT2D eigenvalue weighted by Gasteiger charge is 2.17. The van der Waals surface area contributed by atoms with Gasteiger partial charge in [-0.2, -0.15) is 0 Å². The third-order valence-corrected chi connectivity index (χ3v) is 8.03. The van der Waals surface area contributed by atoms with Crippen LogP contribution in [0.1, 0.15) is 128 Å². The van der Waals surface area contributed by atoms with Crippen molar-refractivity contribution in [3.8, 4) is 11.5 Å². The predicted octanol–water partition coefficient (Wildman–Crippen LogP) is 11.6. The molecule has 0 unspecified atom stereocenters. The number of hydrogen-bond acceptors (Lipinski definition) is 2. The monoisotopic (exact) mass is 518 g/mol. The lowest BCUT2D eigenvalue weighted by Crippen LogP contribution is -2.03. The molecule has 210 valence electrons. The lowest BCUT2D eigenvalue weighted by molar-refractivity contribution is 0.306. The van der Waals surface area contributed by atoms with E-state index in [0.717, 1.165) is 37.6 Å². The molecule has 0 saturated heterocycles. The highest BCUT2D eigenvalue weighted by atomic mass is 16.5. The van der Waals surface area contributed by atoms with Crippen LogP contribution >= 0.6 is 0 Å². The minimum Gasteiger partial charge on any atom is -0.492 e. The van der Waals surface area contributed by atoms with E-state index >= 15 is 0 Å². The molecule has 0 fully saturated rings. The van der Waals surface area contributed by atoms with E-state index in [2.05, 4.69) is 64.1 Å². The maximum Gasteiger partial charge on any atom is 0.135 e. The largest absolute Gasteiger partial charge is 0.492 e. The highest BCUT2D eigenvalue weighted by molar-refractivity contribution is 6.11. The van der Waals surface area contributed by atoms with Gasteiger partial charge in [-0.05, 0) is 49.9 Å². The molecule has 0 aromatic heterocycles. The normalized spacial score (nSPS) is 11.5. The first-order valence-corrected chi connectivity index (χ1v) is 15.9. The fourth-order valence-corrected chi connectivity index (χ4v) is 5.49. The van der Waals surface area contributed by atoms with Gasteiger partial charge < -0.3 is 9.47 Å². The summed E-state index contributed by atoms with van der Waals surface area (Å²) in [4.78, 5) is 0. The summed E-state index contributed by atoms with van der Waals surface area (Å²) in [7, 11) is 0. The molecule has 0 aliphatic carbocycles. The van der Waals surface area contributed by atoms with Crippen molar-refractivity contribution >= 4 is 21.5 Å². The summed E-state index contributed by atoms with van der Waals surface area (Å²) in [5.41, 5.74) is 2.61. The quantitative estimate of drug-likeness (QED) is 0.109. The van der Waals surface area contributed by atoms with Crippen LogP contribution in [-0.4, -0.2) is 13.2 Å². The van der Waals surface area contributed by atoms with E-state index in [1.807, 2.05) is 0 Å². The summed E-state index contributed by atoms with van der Waals surface area (Å²) >= 11 is 0. The summed E-state index contributed by atoms with van der Waals surface area (Å²) in [6.07, 6.45) is 21.0. The van der Waals surface area contributed by atoms with Crippen LogP contribution in [0, 0.1) is 13.8 Å². The smallest absolute Gasteiger partial charge is 0.135 e. The lowest BCUT2D eigenvalue weighted by Gasteiger charge is -2.19. The van der Waals surface area contributed by atoms with E-state index in [0.29, 0.717) is 0 Å². The number of aryl methyl sites for hydroxylation is 2. The van der Waals surface area contributed by atoms with Crippen molar-refractivity contribution < 1.29 is 9.47 Å². The second-order valence-electron chi connectivity index (χ2n) is 11.3. The fraction of sp³-hybridized carbons (Fsp3) is 0.611. The predicted molar refractivity (Wildman–Crippen MR) is 167 cm³/mol. The molecule has 3 rings (SSSR count). The molecule has 0 aliphatic rings. The van der Waals surface area contributed by atoms with Crippen LogP contribution in [0.15, 0.2) is 36.4 Å². The molecule has 0 amide bonds. The molecule has 3 aromatic carbocycles. The van der Waals surface area contributed by atoms with Crippen molar-refractivity contribution in [2.24, 2.45) is 0 Å². The third-order valence-electron chi connectivity index (χ3n) is 8.03. The number of ether oxygens (including phenoxy) is 2. The van der Waals surface area contributed by atoms with E-state index in [1.165, 1.54) is 123 Å². The van der Waals surface area contributed by atoms with Crippen LogP contribution < -0.4 is 9.47 Å². The standard InChI is InChI=1S/C36H54O2/c1-5-7-9-11-13-15-17-21-25-37-35-31-23-19-20-24-32(31)36(34-28-30(4)29(3)27-33(34)35)38-26-22-18-16-14-12-10-8-6-2/h19-20,23-24,27-28H,5-18,21-22,25-26H2,1-4H3. The second kappa shape index (κ2) is 17.4. The van der Waals surface area contributed by atoms with E-state index in [1.54, 1.807) is 0 Å². The Balaban J connectivity index is 1.68. The van der Waals surface area contributed by atoms with Crippen LogP contribution in [-0.2, 0) is 0 Å². The molecular weight excluding hydrogens is 464 g/mol. The molecule has 2 nitrogen and oxygen atoms in total. The summed E-state index contributed by atoms with van der Waals surface area (Å²) in [5.74, 6) is 2.06. The minimum absolute atomic E-state index is 0.777. The molecule has 2 heteroatoms. The molecule has 0 radical (unpaired) electrons. The summed E-state index contributed by atoms with van der Waals surface area (Å²) in [5, 5.41) is 4.73. The van der Waals surface area contributed by atoms with Crippen molar-refractivity contribution in [3.05, 3.63) is 47.5 Å². The van der Waals surface area contributed by atoms with Gasteiger partial charge in [0.25, 0.3) is 0 Å². The molecule has 0 spiro atoms. The lowest BCUT2D eigenvalue weighted by atomic mass is 9.96. The number of benzene rings is 3. The Morgan fingerprint density at radius 3 is 1.16 bits per heavy atom. The second-order valence-corrected chi connectivity index (χ2v) is 11.3. The zero-order valence-corrected chi connectivity index (χ0v) is 25.0. The van der Waals surface area contributed by atoms with Crippen molar-refractivity contribution in [1.29, 1.82) is 0 Å². The molecule has 3 aromatic rings. The molecule has 0 bridgehead atoms. The first-order valence-electron chi connectivity index (χ1n) is 15.9. The van der Waals surface area contributed by atoms with Gasteiger partial charge in [0.2, 0.25) is 0 Å². The van der Waals surface area contributed by atoms with Gasteiger partial charge in [0.1, 0.15) is 11.5 Å². The van der Waals surface area contributed by atoms with Crippen molar-refractivity contribution in [2.45, 2.75) is 130 Å². The minimum atomic E-state index is 0.777. The molecule has 0 N–H and O–H groups in total. The van der Waals surface area contributed by atoms with Gasteiger partial charge in [-0.3, -0.25) is 0 Å². The van der Waals surface area contributed by atoms with Gasteiger partial charge in [-0.1, -0.05) is 128 Å². The van der Waals surface area contributed by atoms with Gasteiger partial charge in [0.15, 0.2) is 0 Å². The first kappa shape index (κ1) is 30.3. The topological polar surface area (TPSA) is 18.5 Å². The van der Waals surface area contributed by atoms with E-state index in [9.17, 15) is 0 Å². The van der Waals surface area contributed by atoms with Gasteiger partial charge in [0.05, 0.1) is 13.2 Å². The van der Waals surface area contributed by atoms with Gasteiger partial charge in [0, 0.05) is 21.5 Å². The first-order chi connectivity index (χ1) is 18.7. The average molecular weight is 519 g/mol. The van der Waals surface area contributed by atoms with Crippen LogP contribution in [0.2, 0.25) is 0 Å². The Morgan fingerprint density at radius 1 is 0.447 bits per heavy atom. The Morgan fingerprint density at radius 2 is 0.789 bits per heavy atom. The maximum absolute atomic E-state index is 6.57. The number of unbranched alkanes of at least 4 members (excludes halogenated alkanes) is 14. The number of hydrogen-bond donors (Lipinski definition) is 0. The molecule has 0 heterocycles. The van der Waals surface area contributed by atoms with Gasteiger partial charge >= 0.3 is 0 Å².